The van der Waals surface area contributed by atoms with Crippen LogP contribution in [0.15, 0.2) is 18.3 Å². The van der Waals surface area contributed by atoms with Gasteiger partial charge in [-0.15, -0.1) is 0 Å². The Bertz CT molecular complexity index is 604. The van der Waals surface area contributed by atoms with Gasteiger partial charge < -0.3 is 14.9 Å². The van der Waals surface area contributed by atoms with Gasteiger partial charge in [0, 0.05) is 18.3 Å². The summed E-state index contributed by atoms with van der Waals surface area (Å²) in [6, 6.07) is 3.36. The third-order valence-corrected chi connectivity index (χ3v) is 3.08. The van der Waals surface area contributed by atoms with Gasteiger partial charge in [0.1, 0.15) is 11.7 Å². The Kier molecular flexibility index (Phi) is 3.85. The van der Waals surface area contributed by atoms with E-state index < -0.39 is 6.04 Å². The van der Waals surface area contributed by atoms with E-state index in [0.29, 0.717) is 13.0 Å². The molecule has 0 radical (unpaired) electrons. The van der Waals surface area contributed by atoms with Gasteiger partial charge in [-0.2, -0.15) is 0 Å². The van der Waals surface area contributed by atoms with Crippen LogP contribution in [-0.4, -0.2) is 28.0 Å². The van der Waals surface area contributed by atoms with Gasteiger partial charge in [-0.3, -0.25) is 4.79 Å². The van der Waals surface area contributed by atoms with Crippen LogP contribution in [0.5, 0.6) is 0 Å². The Morgan fingerprint density at radius 1 is 1.53 bits per heavy atom. The summed E-state index contributed by atoms with van der Waals surface area (Å²) < 4.78 is 6.90. The molecular weight excluding hydrogens is 242 g/mol. The van der Waals surface area contributed by atoms with Crippen molar-refractivity contribution in [3.05, 3.63) is 35.3 Å². The van der Waals surface area contributed by atoms with E-state index in [0.717, 1.165) is 22.6 Å². The fraction of sp³-hybridized carbons (Fsp3) is 0.429. The Labute approximate surface area is 112 Å². The fourth-order valence-electron chi connectivity index (χ4n) is 2.10. The summed E-state index contributed by atoms with van der Waals surface area (Å²) in [6.45, 7) is 6.06. The van der Waals surface area contributed by atoms with Gasteiger partial charge in [0.25, 0.3) is 0 Å². The van der Waals surface area contributed by atoms with Gasteiger partial charge in [-0.25, -0.2) is 4.98 Å². The number of rotatable bonds is 4. The zero-order valence-electron chi connectivity index (χ0n) is 11.5. The highest BCUT2D eigenvalue weighted by Crippen LogP contribution is 2.15. The van der Waals surface area contributed by atoms with Crippen LogP contribution < -0.4 is 5.73 Å². The van der Waals surface area contributed by atoms with Crippen LogP contribution in [-0.2, 0) is 16.0 Å². The first-order valence-electron chi connectivity index (χ1n) is 6.39. The quantitative estimate of drug-likeness (QED) is 0.844. The van der Waals surface area contributed by atoms with Crippen LogP contribution in [0.3, 0.4) is 0 Å². The SMILES string of the molecule is CCOC(=O)C(N)Cc1c(C)nc2cc(C)ccn12. The van der Waals surface area contributed by atoms with Crippen LogP contribution in [0, 0.1) is 13.8 Å². The molecule has 5 nitrogen and oxygen atoms in total. The Balaban J connectivity index is 2.30. The normalized spacial score (nSPS) is 12.6. The number of ether oxygens (including phenoxy) is 1. The lowest BCUT2D eigenvalue weighted by Gasteiger charge is -2.11. The molecule has 1 unspecified atom stereocenters. The summed E-state index contributed by atoms with van der Waals surface area (Å²) in [6.07, 6.45) is 2.38. The van der Waals surface area contributed by atoms with E-state index in [1.807, 2.05) is 36.6 Å². The zero-order valence-corrected chi connectivity index (χ0v) is 11.5. The van der Waals surface area contributed by atoms with Crippen LogP contribution in [0.1, 0.15) is 23.9 Å². The molecule has 2 N–H and O–H groups in total. The standard InChI is InChI=1S/C14H19N3O2/c1-4-19-14(18)11(15)8-12-10(3)16-13-7-9(2)5-6-17(12)13/h5-7,11H,4,8,15H2,1-3H3. The van der Waals surface area contributed by atoms with Crippen LogP contribution in [0.25, 0.3) is 5.65 Å². The second kappa shape index (κ2) is 5.40. The molecule has 0 saturated heterocycles. The van der Waals surface area contributed by atoms with Crippen molar-refractivity contribution in [2.75, 3.05) is 6.61 Å². The summed E-state index contributed by atoms with van der Waals surface area (Å²) in [5.41, 5.74) is 9.75. The molecule has 0 aliphatic rings. The number of esters is 1. The molecule has 0 aromatic carbocycles. The number of carbonyl (C=O) groups excluding carboxylic acids is 1. The number of pyridine rings is 1. The molecule has 0 aliphatic heterocycles. The Hall–Kier alpha value is -1.88. The molecule has 0 amide bonds. The van der Waals surface area contributed by atoms with Crippen molar-refractivity contribution >= 4 is 11.6 Å². The first-order chi connectivity index (χ1) is 9.02. The maximum Gasteiger partial charge on any atom is 0.323 e. The smallest absolute Gasteiger partial charge is 0.323 e. The molecule has 0 saturated carbocycles. The third kappa shape index (κ3) is 2.76. The Morgan fingerprint density at radius 3 is 2.95 bits per heavy atom. The van der Waals surface area contributed by atoms with E-state index >= 15 is 0 Å². The number of imidazole rings is 1. The molecule has 0 bridgehead atoms. The second-order valence-corrected chi connectivity index (χ2v) is 4.64. The minimum Gasteiger partial charge on any atom is -0.465 e. The van der Waals surface area contributed by atoms with E-state index in [1.165, 1.54) is 0 Å². The van der Waals surface area contributed by atoms with Gasteiger partial charge in [-0.05, 0) is 38.5 Å². The summed E-state index contributed by atoms with van der Waals surface area (Å²) in [5.74, 6) is -0.371. The maximum absolute atomic E-state index is 11.6. The van der Waals surface area contributed by atoms with Gasteiger partial charge >= 0.3 is 5.97 Å². The molecule has 2 heterocycles. The number of fused-ring (bicyclic) bond motifs is 1. The van der Waals surface area contributed by atoms with Crippen LogP contribution >= 0.6 is 0 Å². The first-order valence-corrected chi connectivity index (χ1v) is 6.39. The van der Waals surface area contributed by atoms with E-state index in [1.54, 1.807) is 6.92 Å². The lowest BCUT2D eigenvalue weighted by Crippen LogP contribution is -2.35. The van der Waals surface area contributed by atoms with Crippen LogP contribution in [0.4, 0.5) is 0 Å². The van der Waals surface area contributed by atoms with E-state index in [9.17, 15) is 4.79 Å². The van der Waals surface area contributed by atoms with Gasteiger partial charge in [0.2, 0.25) is 0 Å². The number of aryl methyl sites for hydroxylation is 2. The maximum atomic E-state index is 11.6. The lowest BCUT2D eigenvalue weighted by molar-refractivity contribution is -0.144. The van der Waals surface area contributed by atoms with Crippen molar-refractivity contribution in [2.45, 2.75) is 33.2 Å². The molecule has 2 aromatic rings. The van der Waals surface area contributed by atoms with E-state index in [4.69, 9.17) is 10.5 Å². The average molecular weight is 261 g/mol. The Morgan fingerprint density at radius 2 is 2.26 bits per heavy atom. The minimum absolute atomic E-state index is 0.345. The highest BCUT2D eigenvalue weighted by molar-refractivity contribution is 5.75. The molecule has 19 heavy (non-hydrogen) atoms. The predicted octanol–water partition coefficient (Wildman–Crippen LogP) is 1.38. The summed E-state index contributed by atoms with van der Waals surface area (Å²) in [4.78, 5) is 16.1. The molecule has 0 fully saturated rings. The lowest BCUT2D eigenvalue weighted by atomic mass is 10.1. The van der Waals surface area contributed by atoms with E-state index in [-0.39, 0.29) is 5.97 Å². The number of carbonyl (C=O) groups is 1. The van der Waals surface area contributed by atoms with Crippen molar-refractivity contribution in [3.63, 3.8) is 0 Å². The largest absolute Gasteiger partial charge is 0.465 e. The molecule has 2 aromatic heterocycles. The van der Waals surface area contributed by atoms with Crippen molar-refractivity contribution in [1.82, 2.24) is 9.38 Å². The minimum atomic E-state index is -0.653. The second-order valence-electron chi connectivity index (χ2n) is 4.64. The predicted molar refractivity (Wildman–Crippen MR) is 73.0 cm³/mol. The van der Waals surface area contributed by atoms with Crippen molar-refractivity contribution in [2.24, 2.45) is 5.73 Å². The fourth-order valence-corrected chi connectivity index (χ4v) is 2.10. The number of nitrogens with two attached hydrogens (primary N) is 1. The molecule has 5 heteroatoms. The highest BCUT2D eigenvalue weighted by atomic mass is 16.5. The highest BCUT2D eigenvalue weighted by Gasteiger charge is 2.19. The van der Waals surface area contributed by atoms with Crippen molar-refractivity contribution in [1.29, 1.82) is 0 Å². The topological polar surface area (TPSA) is 69.6 Å². The molecule has 2 rings (SSSR count). The molecule has 0 spiro atoms. The molecule has 1 atom stereocenters. The number of nitrogens with zero attached hydrogens (tertiary/aromatic N) is 2. The van der Waals surface area contributed by atoms with Gasteiger partial charge in [-0.1, -0.05) is 0 Å². The molecule has 102 valence electrons. The third-order valence-electron chi connectivity index (χ3n) is 3.08. The number of hydrogen-bond donors (Lipinski definition) is 1. The summed E-state index contributed by atoms with van der Waals surface area (Å²) >= 11 is 0. The van der Waals surface area contributed by atoms with Gasteiger partial charge in [0.15, 0.2) is 0 Å². The summed E-state index contributed by atoms with van der Waals surface area (Å²) in [5, 5.41) is 0. The molecular formula is C14H19N3O2. The first kappa shape index (κ1) is 13.5. The van der Waals surface area contributed by atoms with Crippen molar-refractivity contribution in [3.8, 4) is 0 Å². The zero-order chi connectivity index (χ0) is 14.0. The number of hydrogen-bond acceptors (Lipinski definition) is 4. The van der Waals surface area contributed by atoms with E-state index in [2.05, 4.69) is 4.98 Å². The number of aromatic nitrogens is 2. The average Bonchev–Trinajstić information content (AvgIpc) is 2.65. The van der Waals surface area contributed by atoms with Gasteiger partial charge in [0.05, 0.1) is 12.3 Å². The van der Waals surface area contributed by atoms with Crippen molar-refractivity contribution < 1.29 is 9.53 Å². The monoisotopic (exact) mass is 261 g/mol. The van der Waals surface area contributed by atoms with Crippen LogP contribution in [0.2, 0.25) is 0 Å². The molecule has 0 aliphatic carbocycles. The summed E-state index contributed by atoms with van der Waals surface area (Å²) in [7, 11) is 0.